The fourth-order valence-corrected chi connectivity index (χ4v) is 1.72. The Kier molecular flexibility index (Phi) is 5.75. The van der Waals surface area contributed by atoms with E-state index in [4.69, 9.17) is 14.9 Å². The molecule has 88 valence electrons. The van der Waals surface area contributed by atoms with Gasteiger partial charge in [-0.05, 0) is 6.42 Å². The molecule has 2 unspecified atom stereocenters. The van der Waals surface area contributed by atoms with Gasteiger partial charge in [-0.15, -0.1) is 6.58 Å². The molecule has 0 heterocycles. The van der Waals surface area contributed by atoms with Crippen molar-refractivity contribution in [2.45, 2.75) is 31.6 Å². The molecule has 0 aromatic rings. The second kappa shape index (κ2) is 6.02. The molecular weight excluding hydrogens is 221 g/mol. The number of hydrogen-bond acceptors (Lipinski definition) is 3. The highest BCUT2D eigenvalue weighted by Crippen LogP contribution is 2.40. The minimum absolute atomic E-state index is 0.305. The van der Waals surface area contributed by atoms with Gasteiger partial charge in [0, 0.05) is 0 Å². The molecule has 0 spiro atoms. The SMILES string of the molecule is C=CC(NC(CCC)C(=O)O)P(=O)(O)O. The van der Waals surface area contributed by atoms with Crippen molar-refractivity contribution in [3.8, 4) is 0 Å². The summed E-state index contributed by atoms with van der Waals surface area (Å²) < 4.78 is 10.9. The lowest BCUT2D eigenvalue weighted by atomic mass is 10.2. The first-order chi connectivity index (χ1) is 6.82. The van der Waals surface area contributed by atoms with E-state index >= 15 is 0 Å². The third-order valence-corrected chi connectivity index (χ3v) is 2.92. The van der Waals surface area contributed by atoms with Crippen LogP contribution >= 0.6 is 7.60 Å². The van der Waals surface area contributed by atoms with Crippen LogP contribution in [-0.2, 0) is 9.36 Å². The van der Waals surface area contributed by atoms with E-state index in [1.165, 1.54) is 0 Å². The van der Waals surface area contributed by atoms with E-state index in [-0.39, 0.29) is 0 Å². The third kappa shape index (κ3) is 5.09. The third-order valence-electron chi connectivity index (χ3n) is 1.83. The van der Waals surface area contributed by atoms with Crippen molar-refractivity contribution >= 4 is 13.6 Å². The largest absolute Gasteiger partial charge is 0.480 e. The molecule has 0 aromatic carbocycles. The molecule has 0 fully saturated rings. The molecular formula is C8H16NO5P. The highest BCUT2D eigenvalue weighted by molar-refractivity contribution is 7.52. The Labute approximate surface area is 88.2 Å². The van der Waals surface area contributed by atoms with Crippen molar-refractivity contribution in [3.63, 3.8) is 0 Å². The van der Waals surface area contributed by atoms with Crippen LogP contribution in [-0.4, -0.2) is 32.7 Å². The first-order valence-corrected chi connectivity index (χ1v) is 6.17. The number of carboxylic acid groups (broad SMARTS) is 1. The fraction of sp³-hybridized carbons (Fsp3) is 0.625. The van der Waals surface area contributed by atoms with E-state index < -0.39 is 25.4 Å². The van der Waals surface area contributed by atoms with Crippen LogP contribution in [0.3, 0.4) is 0 Å². The number of hydrogen-bond donors (Lipinski definition) is 4. The van der Waals surface area contributed by atoms with Gasteiger partial charge in [0.25, 0.3) is 0 Å². The topological polar surface area (TPSA) is 107 Å². The average Bonchev–Trinajstić information content (AvgIpc) is 2.09. The van der Waals surface area contributed by atoms with Crippen LogP contribution in [0.2, 0.25) is 0 Å². The minimum Gasteiger partial charge on any atom is -0.480 e. The molecule has 0 radical (unpaired) electrons. The molecule has 0 aliphatic carbocycles. The molecule has 2 atom stereocenters. The van der Waals surface area contributed by atoms with Crippen molar-refractivity contribution in [2.24, 2.45) is 0 Å². The van der Waals surface area contributed by atoms with Crippen LogP contribution in [0.5, 0.6) is 0 Å². The first-order valence-electron chi connectivity index (χ1n) is 4.49. The molecule has 15 heavy (non-hydrogen) atoms. The summed E-state index contributed by atoms with van der Waals surface area (Å²) in [5.41, 5.74) is 0. The maximum absolute atomic E-state index is 10.9. The minimum atomic E-state index is -4.39. The quantitative estimate of drug-likeness (QED) is 0.380. The van der Waals surface area contributed by atoms with E-state index in [9.17, 15) is 9.36 Å². The maximum atomic E-state index is 10.9. The van der Waals surface area contributed by atoms with Crippen LogP contribution in [0.15, 0.2) is 12.7 Å². The zero-order chi connectivity index (χ0) is 12.1. The zero-order valence-electron chi connectivity index (χ0n) is 8.46. The molecule has 0 aliphatic heterocycles. The molecule has 0 rings (SSSR count). The van der Waals surface area contributed by atoms with Crippen molar-refractivity contribution in [3.05, 3.63) is 12.7 Å². The van der Waals surface area contributed by atoms with Gasteiger partial charge >= 0.3 is 13.6 Å². The summed E-state index contributed by atoms with van der Waals surface area (Å²) in [5.74, 6) is -2.44. The normalized spacial score (nSPS) is 15.7. The van der Waals surface area contributed by atoms with Gasteiger partial charge in [0.2, 0.25) is 0 Å². The van der Waals surface area contributed by atoms with Gasteiger partial charge in [-0.25, -0.2) is 0 Å². The number of rotatable bonds is 7. The van der Waals surface area contributed by atoms with Gasteiger partial charge in [-0.2, -0.15) is 0 Å². The predicted octanol–water partition coefficient (Wildman–Crippen LogP) is 0.519. The van der Waals surface area contributed by atoms with Gasteiger partial charge in [-0.3, -0.25) is 14.7 Å². The molecule has 0 aromatic heterocycles. The molecule has 7 heteroatoms. The molecule has 0 amide bonds. The Morgan fingerprint density at radius 1 is 1.60 bits per heavy atom. The first kappa shape index (κ1) is 14.3. The van der Waals surface area contributed by atoms with Crippen molar-refractivity contribution in [1.29, 1.82) is 0 Å². The Morgan fingerprint density at radius 3 is 2.40 bits per heavy atom. The van der Waals surface area contributed by atoms with E-state index in [0.29, 0.717) is 12.8 Å². The second-order valence-corrected chi connectivity index (χ2v) is 4.85. The van der Waals surface area contributed by atoms with E-state index in [1.54, 1.807) is 6.92 Å². The Bertz CT molecular complexity index is 274. The molecule has 0 aliphatic rings. The fourth-order valence-electron chi connectivity index (χ4n) is 1.08. The Morgan fingerprint density at radius 2 is 2.13 bits per heavy atom. The second-order valence-electron chi connectivity index (χ2n) is 3.12. The van der Waals surface area contributed by atoms with E-state index in [1.807, 2.05) is 0 Å². The molecule has 6 nitrogen and oxygen atoms in total. The van der Waals surface area contributed by atoms with Crippen molar-refractivity contribution in [2.75, 3.05) is 0 Å². The highest BCUT2D eigenvalue weighted by Gasteiger charge is 2.30. The summed E-state index contributed by atoms with van der Waals surface area (Å²) in [6.45, 7) is 5.04. The summed E-state index contributed by atoms with van der Waals surface area (Å²) >= 11 is 0. The van der Waals surface area contributed by atoms with Crippen LogP contribution in [0.25, 0.3) is 0 Å². The number of carbonyl (C=O) groups is 1. The summed E-state index contributed by atoms with van der Waals surface area (Å²) in [4.78, 5) is 28.4. The van der Waals surface area contributed by atoms with Crippen molar-refractivity contribution < 1.29 is 24.3 Å². The molecule has 0 saturated heterocycles. The maximum Gasteiger partial charge on any atom is 0.346 e. The summed E-state index contributed by atoms with van der Waals surface area (Å²) in [7, 11) is -4.39. The van der Waals surface area contributed by atoms with Gasteiger partial charge < -0.3 is 14.9 Å². The standard InChI is InChI=1S/C8H16NO5P/c1-3-5-6(8(10)11)9-7(4-2)15(12,13)14/h4,6-7,9H,2-3,5H2,1H3,(H,10,11)(H2,12,13,14). The lowest BCUT2D eigenvalue weighted by molar-refractivity contribution is -0.139. The average molecular weight is 237 g/mol. The van der Waals surface area contributed by atoms with Crippen LogP contribution in [0.4, 0.5) is 0 Å². The summed E-state index contributed by atoms with van der Waals surface area (Å²) in [6, 6.07) is -0.967. The van der Waals surface area contributed by atoms with Crippen LogP contribution in [0, 0.1) is 0 Å². The Balaban J connectivity index is 4.56. The lowest BCUT2D eigenvalue weighted by Crippen LogP contribution is -2.42. The number of carboxylic acids is 1. The Hall–Kier alpha value is -0.680. The van der Waals surface area contributed by atoms with E-state index in [0.717, 1.165) is 6.08 Å². The van der Waals surface area contributed by atoms with Crippen LogP contribution in [0.1, 0.15) is 19.8 Å². The van der Waals surface area contributed by atoms with Gasteiger partial charge in [0.15, 0.2) is 0 Å². The summed E-state index contributed by atoms with van der Waals surface area (Å²) in [5, 5.41) is 11.1. The number of aliphatic carboxylic acids is 1. The molecule has 4 N–H and O–H groups in total. The van der Waals surface area contributed by atoms with Crippen LogP contribution < -0.4 is 5.32 Å². The number of nitrogens with one attached hydrogen (secondary N) is 1. The predicted molar refractivity (Wildman–Crippen MR) is 55.5 cm³/mol. The van der Waals surface area contributed by atoms with E-state index in [2.05, 4.69) is 11.9 Å². The summed E-state index contributed by atoms with van der Waals surface area (Å²) in [6.07, 6.45) is 1.93. The van der Waals surface area contributed by atoms with Gasteiger partial charge in [0.1, 0.15) is 11.8 Å². The molecule has 0 saturated carbocycles. The van der Waals surface area contributed by atoms with Gasteiger partial charge in [0.05, 0.1) is 0 Å². The molecule has 0 bridgehead atoms. The van der Waals surface area contributed by atoms with Crippen molar-refractivity contribution in [1.82, 2.24) is 5.32 Å². The highest BCUT2D eigenvalue weighted by atomic mass is 31.2. The monoisotopic (exact) mass is 237 g/mol. The smallest absolute Gasteiger partial charge is 0.346 e. The lowest BCUT2D eigenvalue weighted by Gasteiger charge is -2.20. The van der Waals surface area contributed by atoms with Gasteiger partial charge in [-0.1, -0.05) is 19.4 Å². The zero-order valence-corrected chi connectivity index (χ0v) is 9.35.